The number of nitrogens with one attached hydrogen (secondary N) is 2. The number of nitrogens with zero attached hydrogens (tertiary/aromatic N) is 2. The van der Waals surface area contributed by atoms with Gasteiger partial charge in [0.2, 0.25) is 11.8 Å². The van der Waals surface area contributed by atoms with Crippen molar-refractivity contribution in [2.24, 2.45) is 0 Å². The molecule has 0 saturated heterocycles. The molecule has 0 aliphatic rings. The maximum atomic E-state index is 12.9. The lowest BCUT2D eigenvalue weighted by molar-refractivity contribution is -0.687. The van der Waals surface area contributed by atoms with E-state index in [0.717, 1.165) is 11.4 Å². The zero-order valence-corrected chi connectivity index (χ0v) is 28.3. The van der Waals surface area contributed by atoms with Crippen molar-refractivity contribution < 1.29 is 18.7 Å². The highest BCUT2D eigenvalue weighted by Crippen LogP contribution is 2.30. The lowest BCUT2D eigenvalue weighted by Crippen LogP contribution is -2.34. The summed E-state index contributed by atoms with van der Waals surface area (Å²) in [4.78, 5) is 25.8. The Morgan fingerprint density at radius 2 is 0.804 bits per heavy atom. The maximum absolute atomic E-state index is 12.9. The van der Waals surface area contributed by atoms with Gasteiger partial charge in [0.25, 0.3) is 0 Å². The molecule has 0 aliphatic heterocycles. The molecule has 6 heteroatoms. The summed E-state index contributed by atoms with van der Waals surface area (Å²) in [6.07, 6.45) is 8.92. The minimum absolute atomic E-state index is 0.115. The van der Waals surface area contributed by atoms with E-state index < -0.39 is 0 Å². The molecule has 2 amide bonds. The quantitative estimate of drug-likeness (QED) is 0.113. The maximum Gasteiger partial charge on any atom is 0.224 e. The first-order chi connectivity index (χ1) is 25.1. The zero-order valence-electron chi connectivity index (χ0n) is 28.3. The van der Waals surface area contributed by atoms with Gasteiger partial charge in [0.05, 0.1) is 0 Å². The fraction of sp³-hybridized carbons (Fsp3) is 0.111. The molecule has 8 aromatic rings. The summed E-state index contributed by atoms with van der Waals surface area (Å²) in [6, 6.07) is 46.0. The molecule has 0 saturated carbocycles. The fourth-order valence-corrected chi connectivity index (χ4v) is 7.17. The summed E-state index contributed by atoms with van der Waals surface area (Å²) in [5.41, 5.74) is 3.94. The third kappa shape index (κ3) is 7.03. The molecular weight excluding hydrogens is 629 g/mol. The molecule has 248 valence electrons. The lowest BCUT2D eigenvalue weighted by atomic mass is 9.96. The molecule has 0 spiro atoms. The molecule has 6 aromatic carbocycles. The first-order valence-electron chi connectivity index (χ1n) is 17.4. The van der Waals surface area contributed by atoms with Gasteiger partial charge >= 0.3 is 0 Å². The van der Waals surface area contributed by atoms with Crippen molar-refractivity contribution in [1.29, 1.82) is 0 Å². The van der Waals surface area contributed by atoms with Crippen LogP contribution in [0.5, 0.6) is 0 Å². The van der Waals surface area contributed by atoms with Gasteiger partial charge in [-0.1, -0.05) is 97.1 Å². The van der Waals surface area contributed by atoms with E-state index in [1.54, 1.807) is 0 Å². The highest BCUT2D eigenvalue weighted by molar-refractivity contribution is 6.03. The minimum Gasteiger partial charge on any atom is -0.321 e. The lowest BCUT2D eigenvalue weighted by Gasteiger charge is -2.10. The smallest absolute Gasteiger partial charge is 0.224 e. The molecule has 0 atom stereocenters. The van der Waals surface area contributed by atoms with Gasteiger partial charge in [-0.05, 0) is 73.8 Å². The Hall–Kier alpha value is -6.40. The van der Waals surface area contributed by atoms with Gasteiger partial charge < -0.3 is 10.6 Å². The molecule has 0 fully saturated rings. The molecule has 6 nitrogen and oxygen atoms in total. The van der Waals surface area contributed by atoms with E-state index >= 15 is 0 Å². The van der Waals surface area contributed by atoms with Crippen LogP contribution in [0, 0.1) is 0 Å². The number of aromatic nitrogens is 2. The van der Waals surface area contributed by atoms with Crippen LogP contribution in [0.4, 0.5) is 11.4 Å². The third-order valence-corrected chi connectivity index (χ3v) is 9.54. The van der Waals surface area contributed by atoms with E-state index in [0.29, 0.717) is 19.5 Å². The Morgan fingerprint density at radius 3 is 1.18 bits per heavy atom. The Morgan fingerprint density at radius 1 is 0.451 bits per heavy atom. The molecular formula is C45H38N4O2+2. The van der Waals surface area contributed by atoms with Crippen LogP contribution in [-0.4, -0.2) is 11.8 Å². The van der Waals surface area contributed by atoms with Crippen molar-refractivity contribution >= 4 is 66.3 Å². The number of anilines is 2. The minimum atomic E-state index is -0.115. The van der Waals surface area contributed by atoms with Crippen molar-refractivity contribution in [2.45, 2.75) is 32.4 Å². The average molecular weight is 667 g/mol. The van der Waals surface area contributed by atoms with Crippen LogP contribution in [0.2, 0.25) is 0 Å². The Labute approximate surface area is 296 Å². The number of carbonyl (C=O) groups excluding carboxylic acids is 2. The monoisotopic (exact) mass is 666 g/mol. The molecule has 0 bridgehead atoms. The van der Waals surface area contributed by atoms with Gasteiger partial charge in [0, 0.05) is 36.1 Å². The van der Waals surface area contributed by atoms with E-state index in [-0.39, 0.29) is 24.7 Å². The number of carbonyl (C=O) groups is 2. The molecule has 2 heterocycles. The van der Waals surface area contributed by atoms with Crippen LogP contribution < -0.4 is 19.8 Å². The van der Waals surface area contributed by atoms with Gasteiger partial charge in [-0.3, -0.25) is 9.59 Å². The van der Waals surface area contributed by atoms with Crippen LogP contribution in [-0.2, 0) is 22.7 Å². The summed E-state index contributed by atoms with van der Waals surface area (Å²) >= 11 is 0. The molecule has 2 N–H and O–H groups in total. The van der Waals surface area contributed by atoms with Crippen LogP contribution in [0.3, 0.4) is 0 Å². The summed E-state index contributed by atoms with van der Waals surface area (Å²) in [5.74, 6) is -0.230. The number of amides is 2. The average Bonchev–Trinajstić information content (AvgIpc) is 3.15. The predicted molar refractivity (Wildman–Crippen MR) is 205 cm³/mol. The van der Waals surface area contributed by atoms with E-state index in [4.69, 9.17) is 0 Å². The second-order valence-corrected chi connectivity index (χ2v) is 13.1. The predicted octanol–water partition coefficient (Wildman–Crippen LogP) is 8.72. The van der Waals surface area contributed by atoms with Crippen molar-refractivity contribution in [2.75, 3.05) is 10.6 Å². The van der Waals surface area contributed by atoms with Crippen LogP contribution in [0.15, 0.2) is 158 Å². The SMILES string of the molecule is O=C(CCCC(=O)Nc1ccc[n+](Cc2c3ccccc3cc3ccccc23)c1)Nc1ccc[n+](Cc2c3ccccc3cc3ccccc23)c1. The van der Waals surface area contributed by atoms with Gasteiger partial charge in [-0.2, -0.15) is 9.13 Å². The summed E-state index contributed by atoms with van der Waals surface area (Å²) in [5, 5.41) is 15.8. The first kappa shape index (κ1) is 31.8. The molecule has 8 rings (SSSR count). The van der Waals surface area contributed by atoms with E-state index in [1.165, 1.54) is 54.2 Å². The highest BCUT2D eigenvalue weighted by atomic mass is 16.2. The van der Waals surface area contributed by atoms with Crippen LogP contribution >= 0.6 is 0 Å². The van der Waals surface area contributed by atoms with Crippen molar-refractivity contribution in [3.63, 3.8) is 0 Å². The molecule has 0 radical (unpaired) electrons. The van der Waals surface area contributed by atoms with Gasteiger partial charge in [0.15, 0.2) is 37.9 Å². The summed E-state index contributed by atoms with van der Waals surface area (Å²) < 4.78 is 4.21. The standard InChI is InChI=1S/C45H36N4O2/c50-44(46-36-16-10-24-48(28-36)30-42-38-18-5-1-12-32(38)26-33-13-2-6-19-39(33)42)22-9-23-45(51)47-37-17-11-25-49(29-37)31-43-40-20-7-3-14-34(40)27-35-15-4-8-21-41(35)43/h1-8,10-21,24-29H,9,22-23,30-31H2/p+2. The van der Waals surface area contributed by atoms with Crippen LogP contribution in [0.1, 0.15) is 30.4 Å². The number of hydrogen-bond donors (Lipinski definition) is 2. The summed E-state index contributed by atoms with van der Waals surface area (Å²) in [6.45, 7) is 1.34. The molecule has 51 heavy (non-hydrogen) atoms. The van der Waals surface area contributed by atoms with E-state index in [1.807, 2.05) is 49.1 Å². The number of rotatable bonds is 10. The van der Waals surface area contributed by atoms with Gasteiger partial charge in [-0.25, -0.2) is 0 Å². The number of pyridine rings is 2. The Balaban J connectivity index is 0.881. The number of fused-ring (bicyclic) bond motifs is 4. The van der Waals surface area contributed by atoms with Crippen molar-refractivity contribution in [1.82, 2.24) is 0 Å². The molecule has 0 unspecified atom stereocenters. The summed E-state index contributed by atoms with van der Waals surface area (Å²) in [7, 11) is 0. The second kappa shape index (κ2) is 14.2. The zero-order chi connectivity index (χ0) is 34.6. The molecule has 0 aliphatic carbocycles. The van der Waals surface area contributed by atoms with E-state index in [2.05, 4.69) is 129 Å². The normalized spacial score (nSPS) is 11.3. The van der Waals surface area contributed by atoms with Crippen molar-refractivity contribution in [3.05, 3.63) is 169 Å². The topological polar surface area (TPSA) is 66.0 Å². The first-order valence-corrected chi connectivity index (χ1v) is 17.4. The Kier molecular flexibility index (Phi) is 8.88. The number of benzene rings is 6. The van der Waals surface area contributed by atoms with E-state index in [9.17, 15) is 9.59 Å². The highest BCUT2D eigenvalue weighted by Gasteiger charge is 2.16. The fourth-order valence-electron chi connectivity index (χ4n) is 7.17. The third-order valence-electron chi connectivity index (χ3n) is 9.54. The van der Waals surface area contributed by atoms with Crippen molar-refractivity contribution in [3.8, 4) is 0 Å². The molecule has 2 aromatic heterocycles. The second-order valence-electron chi connectivity index (χ2n) is 13.1. The van der Waals surface area contributed by atoms with Gasteiger partial charge in [-0.15, -0.1) is 0 Å². The van der Waals surface area contributed by atoms with Crippen LogP contribution in [0.25, 0.3) is 43.1 Å². The number of hydrogen-bond acceptors (Lipinski definition) is 2. The Bertz CT molecular complexity index is 2290. The van der Waals surface area contributed by atoms with Gasteiger partial charge in [0.1, 0.15) is 11.4 Å². The largest absolute Gasteiger partial charge is 0.321 e.